The SMILES string of the molecule is CCSc1cc(NC2=CC(C)(C)C=C2)ccc1C. The molecule has 1 nitrogen and oxygen atoms in total. The summed E-state index contributed by atoms with van der Waals surface area (Å²) in [5.74, 6) is 1.11. The van der Waals surface area contributed by atoms with Crippen molar-refractivity contribution in [2.75, 3.05) is 11.1 Å². The maximum absolute atomic E-state index is 3.48. The Hall–Kier alpha value is -1.15. The summed E-state index contributed by atoms with van der Waals surface area (Å²) in [6.45, 7) is 8.78. The van der Waals surface area contributed by atoms with Gasteiger partial charge in [-0.1, -0.05) is 39.0 Å². The van der Waals surface area contributed by atoms with Crippen LogP contribution in [0.3, 0.4) is 0 Å². The third kappa shape index (κ3) is 3.20. The highest BCUT2D eigenvalue weighted by atomic mass is 32.2. The van der Waals surface area contributed by atoms with E-state index in [-0.39, 0.29) is 5.41 Å². The molecule has 96 valence electrons. The number of rotatable bonds is 4. The normalized spacial score (nSPS) is 16.8. The summed E-state index contributed by atoms with van der Waals surface area (Å²) in [6.07, 6.45) is 6.65. The van der Waals surface area contributed by atoms with Crippen molar-refractivity contribution in [1.29, 1.82) is 0 Å². The first-order valence-electron chi connectivity index (χ1n) is 6.43. The molecule has 1 aromatic rings. The molecule has 0 amide bonds. The van der Waals surface area contributed by atoms with Crippen molar-refractivity contribution in [2.24, 2.45) is 5.41 Å². The van der Waals surface area contributed by atoms with E-state index in [1.54, 1.807) is 0 Å². The Labute approximate surface area is 114 Å². The van der Waals surface area contributed by atoms with Crippen molar-refractivity contribution < 1.29 is 0 Å². The molecule has 0 saturated carbocycles. The standard InChI is InChI=1S/C16H21NS/c1-5-18-15-10-13(7-6-12(15)2)17-14-8-9-16(3,4)11-14/h6-11,17H,5H2,1-4H3. The lowest BCUT2D eigenvalue weighted by atomic mass is 9.97. The Morgan fingerprint density at radius 3 is 2.67 bits per heavy atom. The molecule has 0 spiro atoms. The van der Waals surface area contributed by atoms with Crippen molar-refractivity contribution in [1.82, 2.24) is 0 Å². The van der Waals surface area contributed by atoms with E-state index < -0.39 is 0 Å². The number of nitrogens with one attached hydrogen (secondary N) is 1. The van der Waals surface area contributed by atoms with Crippen LogP contribution in [0.5, 0.6) is 0 Å². The Bertz CT molecular complexity index is 498. The lowest BCUT2D eigenvalue weighted by Crippen LogP contribution is -2.01. The fourth-order valence-corrected chi connectivity index (χ4v) is 2.85. The monoisotopic (exact) mass is 259 g/mol. The van der Waals surface area contributed by atoms with Crippen LogP contribution in [0.4, 0.5) is 5.69 Å². The molecule has 0 unspecified atom stereocenters. The Balaban J connectivity index is 2.16. The van der Waals surface area contributed by atoms with Gasteiger partial charge in [0.1, 0.15) is 0 Å². The van der Waals surface area contributed by atoms with Crippen LogP contribution in [0.1, 0.15) is 26.3 Å². The fourth-order valence-electron chi connectivity index (χ4n) is 2.03. The topological polar surface area (TPSA) is 12.0 Å². The van der Waals surface area contributed by atoms with E-state index in [0.717, 1.165) is 5.75 Å². The summed E-state index contributed by atoms with van der Waals surface area (Å²) in [6, 6.07) is 6.57. The Morgan fingerprint density at radius 2 is 2.06 bits per heavy atom. The van der Waals surface area contributed by atoms with Gasteiger partial charge < -0.3 is 5.32 Å². The van der Waals surface area contributed by atoms with E-state index in [4.69, 9.17) is 0 Å². The summed E-state index contributed by atoms with van der Waals surface area (Å²) in [5, 5.41) is 3.48. The minimum absolute atomic E-state index is 0.175. The van der Waals surface area contributed by atoms with Gasteiger partial charge >= 0.3 is 0 Å². The molecule has 2 rings (SSSR count). The number of thioether (sulfide) groups is 1. The smallest absolute Gasteiger partial charge is 0.0395 e. The fraction of sp³-hybridized carbons (Fsp3) is 0.375. The molecule has 1 aliphatic rings. The molecule has 1 aliphatic carbocycles. The molecule has 18 heavy (non-hydrogen) atoms. The van der Waals surface area contributed by atoms with E-state index >= 15 is 0 Å². The van der Waals surface area contributed by atoms with Gasteiger partial charge in [-0.05, 0) is 36.4 Å². The van der Waals surface area contributed by atoms with Crippen LogP contribution in [0, 0.1) is 12.3 Å². The van der Waals surface area contributed by atoms with E-state index in [0.29, 0.717) is 0 Å². The molecular weight excluding hydrogens is 238 g/mol. The van der Waals surface area contributed by atoms with Crippen molar-refractivity contribution in [2.45, 2.75) is 32.6 Å². The van der Waals surface area contributed by atoms with Crippen LogP contribution in [-0.4, -0.2) is 5.75 Å². The lowest BCUT2D eigenvalue weighted by Gasteiger charge is -2.12. The minimum Gasteiger partial charge on any atom is -0.356 e. The molecule has 1 N–H and O–H groups in total. The summed E-state index contributed by atoms with van der Waals surface area (Å²) in [4.78, 5) is 1.37. The van der Waals surface area contributed by atoms with Gasteiger partial charge in [0.05, 0.1) is 0 Å². The highest BCUT2D eigenvalue weighted by Gasteiger charge is 2.16. The van der Waals surface area contributed by atoms with Crippen LogP contribution in [0.25, 0.3) is 0 Å². The van der Waals surface area contributed by atoms with E-state index in [2.05, 4.69) is 69.4 Å². The summed E-state index contributed by atoms with van der Waals surface area (Å²) in [7, 11) is 0. The van der Waals surface area contributed by atoms with Gasteiger partial charge in [0.15, 0.2) is 0 Å². The molecule has 0 fully saturated rings. The molecule has 0 aromatic heterocycles. The second kappa shape index (κ2) is 5.23. The lowest BCUT2D eigenvalue weighted by molar-refractivity contribution is 0.635. The van der Waals surface area contributed by atoms with Gasteiger partial charge in [-0.3, -0.25) is 0 Å². The van der Waals surface area contributed by atoms with Crippen LogP contribution in [0.2, 0.25) is 0 Å². The summed E-state index contributed by atoms with van der Waals surface area (Å²) < 4.78 is 0. The molecular formula is C16H21NS. The second-order valence-electron chi connectivity index (χ2n) is 5.29. The number of allylic oxidation sites excluding steroid dienone is 3. The van der Waals surface area contributed by atoms with Gasteiger partial charge in [0.2, 0.25) is 0 Å². The van der Waals surface area contributed by atoms with Gasteiger partial charge in [0, 0.05) is 21.7 Å². The highest BCUT2D eigenvalue weighted by Crippen LogP contribution is 2.30. The van der Waals surface area contributed by atoms with E-state index in [1.807, 2.05) is 11.8 Å². The van der Waals surface area contributed by atoms with Gasteiger partial charge in [0.25, 0.3) is 0 Å². The number of hydrogen-bond donors (Lipinski definition) is 1. The number of benzene rings is 1. The first-order chi connectivity index (χ1) is 8.50. The van der Waals surface area contributed by atoms with Crippen LogP contribution in [-0.2, 0) is 0 Å². The maximum Gasteiger partial charge on any atom is 0.0395 e. The molecule has 1 aromatic carbocycles. The summed E-state index contributed by atoms with van der Waals surface area (Å²) >= 11 is 1.90. The first kappa shape index (κ1) is 13.3. The highest BCUT2D eigenvalue weighted by molar-refractivity contribution is 7.99. The predicted molar refractivity (Wildman–Crippen MR) is 82.2 cm³/mol. The van der Waals surface area contributed by atoms with Crippen LogP contribution in [0.15, 0.2) is 47.0 Å². The van der Waals surface area contributed by atoms with Gasteiger partial charge in [-0.2, -0.15) is 0 Å². The third-order valence-corrected chi connectivity index (χ3v) is 4.04. The van der Waals surface area contributed by atoms with Gasteiger partial charge in [-0.15, -0.1) is 11.8 Å². The molecule has 0 heterocycles. The van der Waals surface area contributed by atoms with E-state index in [1.165, 1.54) is 21.8 Å². The Kier molecular flexibility index (Phi) is 3.86. The molecule has 0 aliphatic heterocycles. The van der Waals surface area contributed by atoms with Crippen molar-refractivity contribution in [3.8, 4) is 0 Å². The molecule has 2 heteroatoms. The third-order valence-electron chi connectivity index (χ3n) is 3.00. The second-order valence-corrected chi connectivity index (χ2v) is 6.60. The number of hydrogen-bond acceptors (Lipinski definition) is 2. The van der Waals surface area contributed by atoms with Crippen LogP contribution >= 0.6 is 11.8 Å². The number of aryl methyl sites for hydroxylation is 1. The molecule has 0 saturated heterocycles. The molecule has 0 bridgehead atoms. The zero-order valence-electron chi connectivity index (χ0n) is 11.6. The van der Waals surface area contributed by atoms with Crippen LogP contribution < -0.4 is 5.32 Å². The first-order valence-corrected chi connectivity index (χ1v) is 7.41. The average molecular weight is 259 g/mol. The average Bonchev–Trinajstić information content (AvgIpc) is 2.63. The predicted octanol–water partition coefficient (Wildman–Crippen LogP) is 5.00. The Morgan fingerprint density at radius 1 is 1.28 bits per heavy atom. The zero-order valence-corrected chi connectivity index (χ0v) is 12.4. The largest absolute Gasteiger partial charge is 0.356 e. The molecule has 0 atom stereocenters. The van der Waals surface area contributed by atoms with Gasteiger partial charge in [-0.25, -0.2) is 0 Å². The quantitative estimate of drug-likeness (QED) is 0.764. The van der Waals surface area contributed by atoms with Crippen molar-refractivity contribution >= 4 is 17.4 Å². The van der Waals surface area contributed by atoms with Crippen molar-refractivity contribution in [3.63, 3.8) is 0 Å². The molecule has 0 radical (unpaired) electrons. The minimum atomic E-state index is 0.175. The summed E-state index contributed by atoms with van der Waals surface area (Å²) in [5.41, 5.74) is 3.89. The maximum atomic E-state index is 3.48. The number of anilines is 1. The van der Waals surface area contributed by atoms with E-state index in [9.17, 15) is 0 Å². The van der Waals surface area contributed by atoms with Crippen molar-refractivity contribution in [3.05, 3.63) is 47.7 Å². The zero-order chi connectivity index (χ0) is 13.2.